The van der Waals surface area contributed by atoms with Gasteiger partial charge in [0, 0.05) is 10.5 Å². The van der Waals surface area contributed by atoms with Crippen LogP contribution in [0.1, 0.15) is 10.5 Å². The minimum Gasteiger partial charge on any atom is -0.476 e. The number of thiophene rings is 1. The Hall–Kier alpha value is -2.05. The van der Waals surface area contributed by atoms with E-state index in [0.717, 1.165) is 9.77 Å². The van der Waals surface area contributed by atoms with Crippen LogP contribution in [-0.2, 0) is 0 Å². The molecule has 2 heterocycles. The Morgan fingerprint density at radius 1 is 1.29 bits per heavy atom. The molecule has 21 heavy (non-hydrogen) atoms. The molecule has 3 rings (SSSR count). The molecule has 0 fully saturated rings. The van der Waals surface area contributed by atoms with Crippen LogP contribution in [-0.4, -0.2) is 22.3 Å². The third kappa shape index (κ3) is 2.72. The smallest absolute Gasteiger partial charge is 0.358 e. The number of aromatic nitrogens is 1. The van der Waals surface area contributed by atoms with Gasteiger partial charge in [-0.3, -0.25) is 0 Å². The summed E-state index contributed by atoms with van der Waals surface area (Å²) in [6.07, 6.45) is 1.99. The van der Waals surface area contributed by atoms with E-state index < -0.39 is 5.97 Å². The molecule has 0 radical (unpaired) electrons. The summed E-state index contributed by atoms with van der Waals surface area (Å²) < 4.78 is 5.69. The molecule has 6 heteroatoms. The maximum Gasteiger partial charge on any atom is 0.358 e. The highest BCUT2D eigenvalue weighted by Gasteiger charge is 2.21. The number of carboxylic acids is 1. The fraction of sp³-hybridized carbons (Fsp3) is 0.0667. The average molecular weight is 317 g/mol. The lowest BCUT2D eigenvalue weighted by Gasteiger charge is -2.00. The van der Waals surface area contributed by atoms with Gasteiger partial charge in [-0.25, -0.2) is 9.78 Å². The summed E-state index contributed by atoms with van der Waals surface area (Å²) >= 11 is 3.08. The zero-order valence-corrected chi connectivity index (χ0v) is 12.7. The summed E-state index contributed by atoms with van der Waals surface area (Å²) in [6, 6.07) is 11.3. The van der Waals surface area contributed by atoms with Crippen molar-refractivity contribution in [3.63, 3.8) is 0 Å². The van der Waals surface area contributed by atoms with Crippen LogP contribution in [0.2, 0.25) is 0 Å². The van der Waals surface area contributed by atoms with Crippen LogP contribution in [0.25, 0.3) is 22.1 Å². The predicted octanol–water partition coefficient (Wildman–Crippen LogP) is 4.49. The Morgan fingerprint density at radius 3 is 2.62 bits per heavy atom. The number of thioether (sulfide) groups is 1. The van der Waals surface area contributed by atoms with Gasteiger partial charge in [-0.15, -0.1) is 23.1 Å². The third-order valence-electron chi connectivity index (χ3n) is 2.91. The van der Waals surface area contributed by atoms with Crippen molar-refractivity contribution in [2.24, 2.45) is 0 Å². The highest BCUT2D eigenvalue weighted by molar-refractivity contribution is 7.98. The lowest BCUT2D eigenvalue weighted by atomic mass is 10.1. The molecular formula is C15H11NO3S2. The van der Waals surface area contributed by atoms with Crippen LogP contribution >= 0.6 is 23.1 Å². The van der Waals surface area contributed by atoms with E-state index in [9.17, 15) is 9.90 Å². The van der Waals surface area contributed by atoms with Crippen molar-refractivity contribution >= 4 is 29.1 Å². The number of benzene rings is 1. The number of rotatable bonds is 4. The van der Waals surface area contributed by atoms with Crippen LogP contribution < -0.4 is 0 Å². The molecular weight excluding hydrogens is 306 g/mol. The van der Waals surface area contributed by atoms with Gasteiger partial charge in [-0.2, -0.15) is 0 Å². The van der Waals surface area contributed by atoms with Gasteiger partial charge in [0.25, 0.3) is 0 Å². The minimum absolute atomic E-state index is 0.0599. The molecule has 0 aliphatic carbocycles. The highest BCUT2D eigenvalue weighted by atomic mass is 32.2. The zero-order chi connectivity index (χ0) is 14.8. The number of aromatic carboxylic acids is 1. The Labute approximate surface area is 129 Å². The van der Waals surface area contributed by atoms with Gasteiger partial charge in [0.1, 0.15) is 0 Å². The monoisotopic (exact) mass is 317 g/mol. The Balaban J connectivity index is 2.09. The molecule has 0 spiro atoms. The van der Waals surface area contributed by atoms with Crippen molar-refractivity contribution < 1.29 is 14.3 Å². The van der Waals surface area contributed by atoms with E-state index >= 15 is 0 Å². The SMILES string of the molecule is CSc1ccc(-c2oc(-c3cccs3)nc2C(=O)O)cc1. The first-order valence-electron chi connectivity index (χ1n) is 6.11. The molecule has 0 unspecified atom stereocenters. The van der Waals surface area contributed by atoms with Gasteiger partial charge in [0.2, 0.25) is 5.89 Å². The summed E-state index contributed by atoms with van der Waals surface area (Å²) in [7, 11) is 0. The average Bonchev–Trinajstić information content (AvgIpc) is 3.16. The molecule has 106 valence electrons. The molecule has 0 saturated heterocycles. The Morgan fingerprint density at radius 2 is 2.05 bits per heavy atom. The van der Waals surface area contributed by atoms with Gasteiger partial charge in [-0.1, -0.05) is 18.2 Å². The number of carbonyl (C=O) groups is 1. The first-order chi connectivity index (χ1) is 10.2. The number of carboxylic acid groups (broad SMARTS) is 1. The third-order valence-corrected chi connectivity index (χ3v) is 4.52. The molecule has 3 aromatic rings. The first-order valence-corrected chi connectivity index (χ1v) is 8.22. The van der Waals surface area contributed by atoms with Crippen molar-refractivity contribution in [2.75, 3.05) is 6.26 Å². The second-order valence-corrected chi connectivity index (χ2v) is 6.04. The van der Waals surface area contributed by atoms with E-state index in [-0.39, 0.29) is 5.69 Å². The molecule has 0 bridgehead atoms. The quantitative estimate of drug-likeness (QED) is 0.718. The molecule has 0 amide bonds. The standard InChI is InChI=1S/C15H11NO3S2/c1-20-10-6-4-9(5-7-10)13-12(15(17)18)16-14(19-13)11-3-2-8-21-11/h2-8H,1H3,(H,17,18). The van der Waals surface area contributed by atoms with Crippen molar-refractivity contribution in [1.82, 2.24) is 4.98 Å². The van der Waals surface area contributed by atoms with Gasteiger partial charge >= 0.3 is 5.97 Å². The maximum absolute atomic E-state index is 11.4. The van der Waals surface area contributed by atoms with E-state index in [2.05, 4.69) is 4.98 Å². The van der Waals surface area contributed by atoms with E-state index in [1.807, 2.05) is 48.0 Å². The second kappa shape index (κ2) is 5.75. The van der Waals surface area contributed by atoms with E-state index in [1.165, 1.54) is 11.3 Å². The summed E-state index contributed by atoms with van der Waals surface area (Å²) in [5.41, 5.74) is 0.649. The molecule has 2 aromatic heterocycles. The molecule has 1 N–H and O–H groups in total. The largest absolute Gasteiger partial charge is 0.476 e. The highest BCUT2D eigenvalue weighted by Crippen LogP contribution is 2.32. The molecule has 0 saturated carbocycles. The molecule has 1 aromatic carbocycles. The Kier molecular flexibility index (Phi) is 3.81. The van der Waals surface area contributed by atoms with Gasteiger partial charge < -0.3 is 9.52 Å². The number of hydrogen-bond acceptors (Lipinski definition) is 5. The molecule has 0 aliphatic heterocycles. The van der Waals surface area contributed by atoms with Crippen molar-refractivity contribution in [1.29, 1.82) is 0 Å². The fourth-order valence-corrected chi connectivity index (χ4v) is 2.97. The zero-order valence-electron chi connectivity index (χ0n) is 11.1. The lowest BCUT2D eigenvalue weighted by Crippen LogP contribution is -1.98. The van der Waals surface area contributed by atoms with Gasteiger partial charge in [-0.05, 0) is 29.8 Å². The van der Waals surface area contributed by atoms with Crippen LogP contribution in [0.5, 0.6) is 0 Å². The van der Waals surface area contributed by atoms with Crippen LogP contribution in [0, 0.1) is 0 Å². The van der Waals surface area contributed by atoms with E-state index in [4.69, 9.17) is 4.42 Å². The second-order valence-electron chi connectivity index (χ2n) is 4.21. The lowest BCUT2D eigenvalue weighted by molar-refractivity contribution is 0.0691. The summed E-state index contributed by atoms with van der Waals surface area (Å²) in [6.45, 7) is 0. The molecule has 0 aliphatic rings. The minimum atomic E-state index is -1.09. The number of nitrogens with zero attached hydrogens (tertiary/aromatic N) is 1. The maximum atomic E-state index is 11.4. The van der Waals surface area contributed by atoms with E-state index in [1.54, 1.807) is 11.8 Å². The topological polar surface area (TPSA) is 63.3 Å². The van der Waals surface area contributed by atoms with Crippen molar-refractivity contribution in [3.05, 3.63) is 47.5 Å². The molecule has 4 nitrogen and oxygen atoms in total. The van der Waals surface area contributed by atoms with Crippen molar-refractivity contribution in [3.8, 4) is 22.1 Å². The van der Waals surface area contributed by atoms with E-state index in [0.29, 0.717) is 17.2 Å². The van der Waals surface area contributed by atoms with Crippen LogP contribution in [0.15, 0.2) is 51.1 Å². The molecule has 0 atom stereocenters. The van der Waals surface area contributed by atoms with Crippen molar-refractivity contribution in [2.45, 2.75) is 4.90 Å². The summed E-state index contributed by atoms with van der Waals surface area (Å²) in [4.78, 5) is 17.4. The summed E-state index contributed by atoms with van der Waals surface area (Å²) in [5, 5.41) is 11.2. The normalized spacial score (nSPS) is 10.7. The van der Waals surface area contributed by atoms with Crippen LogP contribution in [0.3, 0.4) is 0 Å². The van der Waals surface area contributed by atoms with Gasteiger partial charge in [0.05, 0.1) is 4.88 Å². The first kappa shape index (κ1) is 13.9. The number of hydrogen-bond donors (Lipinski definition) is 1. The van der Waals surface area contributed by atoms with Gasteiger partial charge in [0.15, 0.2) is 11.5 Å². The predicted molar refractivity (Wildman–Crippen MR) is 84.0 cm³/mol. The fourth-order valence-electron chi connectivity index (χ4n) is 1.91. The summed E-state index contributed by atoms with van der Waals surface area (Å²) in [5.74, 6) is -0.463. The van der Waals surface area contributed by atoms with Crippen LogP contribution in [0.4, 0.5) is 0 Å². The number of oxazole rings is 1. The Bertz CT molecular complexity index is 761.